The van der Waals surface area contributed by atoms with E-state index in [-0.39, 0.29) is 11.7 Å². The fourth-order valence-electron chi connectivity index (χ4n) is 3.53. The standard InChI is InChI=1S/C23H20BrN5O4/c1-13-19-17(26-27-21(30)14-5-7-16(24)8-6-14)3-2-4-18(19)33-20(13)23(32)29-28-22(31)15-9-11-25-12-10-15/h5-12H,2-4H2,1H3,(H,27,30)(H,28,31)(H,29,32)/b26-17+. The van der Waals surface area contributed by atoms with E-state index < -0.39 is 11.8 Å². The number of aryl methyl sites for hydroxylation is 1. The van der Waals surface area contributed by atoms with Gasteiger partial charge >= 0.3 is 5.91 Å². The SMILES string of the molecule is Cc1c(C(=O)NNC(=O)c2ccncc2)oc2c1/C(=N/NC(=O)c1ccc(Br)cc1)CCC2. The fourth-order valence-corrected chi connectivity index (χ4v) is 3.79. The summed E-state index contributed by atoms with van der Waals surface area (Å²) in [5.41, 5.74) is 10.1. The van der Waals surface area contributed by atoms with E-state index in [4.69, 9.17) is 4.42 Å². The molecule has 168 valence electrons. The number of furan rings is 1. The minimum absolute atomic E-state index is 0.0869. The molecule has 10 heteroatoms. The van der Waals surface area contributed by atoms with Gasteiger partial charge in [-0.15, -0.1) is 0 Å². The van der Waals surface area contributed by atoms with Gasteiger partial charge in [-0.3, -0.25) is 30.2 Å². The summed E-state index contributed by atoms with van der Waals surface area (Å²) in [6.45, 7) is 1.75. The van der Waals surface area contributed by atoms with Crippen LogP contribution in [-0.4, -0.2) is 28.4 Å². The lowest BCUT2D eigenvalue weighted by atomic mass is 9.93. The number of nitrogens with zero attached hydrogens (tertiary/aromatic N) is 2. The van der Waals surface area contributed by atoms with E-state index in [9.17, 15) is 14.4 Å². The molecular formula is C23H20BrN5O4. The molecule has 4 rings (SSSR count). The van der Waals surface area contributed by atoms with Crippen LogP contribution in [0.2, 0.25) is 0 Å². The van der Waals surface area contributed by atoms with Crippen molar-refractivity contribution in [2.24, 2.45) is 5.10 Å². The van der Waals surface area contributed by atoms with Gasteiger partial charge in [-0.2, -0.15) is 5.10 Å². The molecule has 0 saturated heterocycles. The van der Waals surface area contributed by atoms with Gasteiger partial charge in [0.15, 0.2) is 5.76 Å². The number of fused-ring (bicyclic) bond motifs is 1. The number of hydrogen-bond donors (Lipinski definition) is 3. The largest absolute Gasteiger partial charge is 0.455 e. The van der Waals surface area contributed by atoms with Gasteiger partial charge in [-0.05, 0) is 56.2 Å². The maximum absolute atomic E-state index is 12.7. The Morgan fingerprint density at radius 1 is 0.939 bits per heavy atom. The van der Waals surface area contributed by atoms with Gasteiger partial charge < -0.3 is 4.42 Å². The molecule has 3 amide bonds. The second-order valence-electron chi connectivity index (χ2n) is 7.36. The van der Waals surface area contributed by atoms with Crippen LogP contribution in [0.15, 0.2) is 62.8 Å². The van der Waals surface area contributed by atoms with Gasteiger partial charge in [0.25, 0.3) is 11.8 Å². The van der Waals surface area contributed by atoms with Crippen LogP contribution in [0, 0.1) is 6.92 Å². The van der Waals surface area contributed by atoms with Gasteiger partial charge in [0.1, 0.15) is 5.76 Å². The molecule has 3 aromatic rings. The molecule has 0 bridgehead atoms. The normalized spacial score (nSPS) is 13.8. The fraction of sp³-hybridized carbons (Fsp3) is 0.174. The van der Waals surface area contributed by atoms with Gasteiger partial charge in [-0.25, -0.2) is 5.43 Å². The minimum atomic E-state index is -0.581. The molecule has 2 aromatic heterocycles. The predicted molar refractivity (Wildman–Crippen MR) is 124 cm³/mol. The smallest absolute Gasteiger partial charge is 0.305 e. The Morgan fingerprint density at radius 2 is 1.61 bits per heavy atom. The maximum atomic E-state index is 12.7. The predicted octanol–water partition coefficient (Wildman–Crippen LogP) is 3.29. The number of pyridine rings is 1. The Hall–Kier alpha value is -3.79. The molecule has 0 spiro atoms. The Balaban J connectivity index is 1.48. The highest BCUT2D eigenvalue weighted by molar-refractivity contribution is 9.10. The van der Waals surface area contributed by atoms with E-state index in [1.54, 1.807) is 31.2 Å². The average Bonchev–Trinajstić information content (AvgIpc) is 3.19. The van der Waals surface area contributed by atoms with E-state index in [1.165, 1.54) is 24.5 Å². The van der Waals surface area contributed by atoms with Crippen molar-refractivity contribution in [3.05, 3.63) is 87.0 Å². The lowest BCUT2D eigenvalue weighted by Crippen LogP contribution is -2.41. The molecule has 0 aliphatic heterocycles. The lowest BCUT2D eigenvalue weighted by Gasteiger charge is -2.13. The third-order valence-electron chi connectivity index (χ3n) is 5.16. The highest BCUT2D eigenvalue weighted by atomic mass is 79.9. The number of hydrogen-bond acceptors (Lipinski definition) is 6. The summed E-state index contributed by atoms with van der Waals surface area (Å²) in [6.07, 6.45) is 5.02. The van der Waals surface area contributed by atoms with Gasteiger partial charge in [0, 0.05) is 45.5 Å². The molecule has 9 nitrogen and oxygen atoms in total. The summed E-state index contributed by atoms with van der Waals surface area (Å²) in [4.78, 5) is 41.1. The zero-order chi connectivity index (χ0) is 23.4. The molecule has 0 radical (unpaired) electrons. The highest BCUT2D eigenvalue weighted by Gasteiger charge is 2.28. The number of benzene rings is 1. The quantitative estimate of drug-likeness (QED) is 0.465. The van der Waals surface area contributed by atoms with Crippen LogP contribution in [0.1, 0.15) is 61.0 Å². The van der Waals surface area contributed by atoms with Crippen LogP contribution in [-0.2, 0) is 6.42 Å². The maximum Gasteiger partial charge on any atom is 0.305 e. The van der Waals surface area contributed by atoms with Gasteiger partial charge in [0.2, 0.25) is 0 Å². The molecule has 1 aromatic carbocycles. The molecule has 0 atom stereocenters. The minimum Gasteiger partial charge on any atom is -0.455 e. The molecule has 1 aliphatic carbocycles. The van der Waals surface area contributed by atoms with Gasteiger partial charge in [0.05, 0.1) is 5.71 Å². The first kappa shape index (κ1) is 22.4. The van der Waals surface area contributed by atoms with Crippen molar-refractivity contribution in [1.29, 1.82) is 0 Å². The van der Waals surface area contributed by atoms with E-state index >= 15 is 0 Å². The zero-order valence-corrected chi connectivity index (χ0v) is 19.2. The second kappa shape index (κ2) is 9.78. The topological polar surface area (TPSA) is 126 Å². The van der Waals surface area contributed by atoms with Crippen LogP contribution >= 0.6 is 15.9 Å². The lowest BCUT2D eigenvalue weighted by molar-refractivity contribution is 0.0829. The Labute approximate surface area is 197 Å². The summed E-state index contributed by atoms with van der Waals surface area (Å²) in [7, 11) is 0. The zero-order valence-electron chi connectivity index (χ0n) is 17.6. The van der Waals surface area contributed by atoms with E-state index in [1.807, 2.05) is 0 Å². The van der Waals surface area contributed by atoms with Crippen molar-refractivity contribution < 1.29 is 18.8 Å². The number of hydrazone groups is 1. The van der Waals surface area contributed by atoms with Crippen LogP contribution < -0.4 is 16.3 Å². The van der Waals surface area contributed by atoms with Crippen molar-refractivity contribution in [1.82, 2.24) is 21.3 Å². The van der Waals surface area contributed by atoms with Crippen LogP contribution in [0.4, 0.5) is 0 Å². The average molecular weight is 510 g/mol. The third kappa shape index (κ3) is 5.01. The summed E-state index contributed by atoms with van der Waals surface area (Å²) in [6, 6.07) is 10.0. The van der Waals surface area contributed by atoms with Crippen molar-refractivity contribution in [3.8, 4) is 0 Å². The number of nitrogens with one attached hydrogen (secondary N) is 3. The molecule has 3 N–H and O–H groups in total. The number of amides is 3. The summed E-state index contributed by atoms with van der Waals surface area (Å²) >= 11 is 3.34. The van der Waals surface area contributed by atoms with Crippen molar-refractivity contribution >= 4 is 39.4 Å². The van der Waals surface area contributed by atoms with Crippen molar-refractivity contribution in [2.45, 2.75) is 26.2 Å². The first-order valence-corrected chi connectivity index (χ1v) is 11.0. The molecule has 33 heavy (non-hydrogen) atoms. The number of carbonyl (C=O) groups excluding carboxylic acids is 3. The number of aromatic nitrogens is 1. The van der Waals surface area contributed by atoms with Crippen LogP contribution in [0.5, 0.6) is 0 Å². The second-order valence-corrected chi connectivity index (χ2v) is 8.27. The Kier molecular flexibility index (Phi) is 6.64. The molecule has 0 fully saturated rings. The number of hydrazine groups is 1. The highest BCUT2D eigenvalue weighted by Crippen LogP contribution is 2.29. The summed E-state index contributed by atoms with van der Waals surface area (Å²) in [5, 5.41) is 4.31. The van der Waals surface area contributed by atoms with Crippen LogP contribution in [0.25, 0.3) is 0 Å². The first-order chi connectivity index (χ1) is 15.9. The third-order valence-corrected chi connectivity index (χ3v) is 5.69. The number of halogens is 1. The van der Waals surface area contributed by atoms with Crippen LogP contribution in [0.3, 0.4) is 0 Å². The number of rotatable bonds is 4. The van der Waals surface area contributed by atoms with Crippen molar-refractivity contribution in [2.75, 3.05) is 0 Å². The van der Waals surface area contributed by atoms with Crippen molar-refractivity contribution in [3.63, 3.8) is 0 Å². The Bertz CT molecular complexity index is 1240. The molecule has 2 heterocycles. The monoisotopic (exact) mass is 509 g/mol. The van der Waals surface area contributed by atoms with E-state index in [2.05, 4.69) is 42.3 Å². The van der Waals surface area contributed by atoms with E-state index in [0.717, 1.165) is 10.9 Å². The number of carbonyl (C=O) groups is 3. The summed E-state index contributed by atoms with van der Waals surface area (Å²) < 4.78 is 6.67. The summed E-state index contributed by atoms with van der Waals surface area (Å²) in [5.74, 6) is -0.676. The molecular weight excluding hydrogens is 490 g/mol. The van der Waals surface area contributed by atoms with Gasteiger partial charge in [-0.1, -0.05) is 15.9 Å². The molecule has 0 saturated carbocycles. The first-order valence-electron chi connectivity index (χ1n) is 10.2. The molecule has 1 aliphatic rings. The Morgan fingerprint density at radius 3 is 2.33 bits per heavy atom. The molecule has 0 unspecified atom stereocenters. The van der Waals surface area contributed by atoms with E-state index in [0.29, 0.717) is 46.6 Å².